The van der Waals surface area contributed by atoms with Crippen molar-refractivity contribution in [3.8, 4) is 39.1 Å². The molecule has 0 heterocycles. The third-order valence-electron chi connectivity index (χ3n) is 4.61. The maximum Gasteiger partial charge on any atom is 0.308 e. The lowest BCUT2D eigenvalue weighted by molar-refractivity contribution is -0.131. The molecule has 4 aromatic carbocycles. The topological polar surface area (TPSA) is 26.3 Å². The number of ether oxygens (including phenoxy) is 1. The van der Waals surface area contributed by atoms with Crippen LogP contribution in [0.2, 0.25) is 0 Å². The Morgan fingerprint density at radius 1 is 0.607 bits per heavy atom. The van der Waals surface area contributed by atoms with Crippen LogP contribution in [0.15, 0.2) is 103 Å². The van der Waals surface area contributed by atoms with Gasteiger partial charge in [0.05, 0.1) is 0 Å². The van der Waals surface area contributed by atoms with Crippen molar-refractivity contribution in [2.45, 2.75) is 6.92 Å². The number of esters is 1. The molecule has 0 amide bonds. The zero-order chi connectivity index (χ0) is 19.3. The minimum absolute atomic E-state index is 0.328. The monoisotopic (exact) mass is 364 g/mol. The molecule has 2 nitrogen and oxygen atoms in total. The fourth-order valence-corrected chi connectivity index (χ4v) is 3.45. The molecule has 4 rings (SSSR count). The summed E-state index contributed by atoms with van der Waals surface area (Å²) in [6.45, 7) is 1.43. The summed E-state index contributed by atoms with van der Waals surface area (Å²) in [6, 6.07) is 34.6. The normalized spacial score (nSPS) is 10.5. The van der Waals surface area contributed by atoms with Crippen LogP contribution in [-0.4, -0.2) is 5.97 Å². The van der Waals surface area contributed by atoms with E-state index in [-0.39, 0.29) is 5.97 Å². The maximum atomic E-state index is 11.6. The quantitative estimate of drug-likeness (QED) is 0.301. The second-order valence-electron chi connectivity index (χ2n) is 6.59. The lowest BCUT2D eigenvalue weighted by atomic mass is 9.87. The summed E-state index contributed by atoms with van der Waals surface area (Å²) in [7, 11) is 0. The third-order valence-corrected chi connectivity index (χ3v) is 4.61. The van der Waals surface area contributed by atoms with E-state index in [1.807, 2.05) is 66.7 Å². The first-order valence-electron chi connectivity index (χ1n) is 9.25. The van der Waals surface area contributed by atoms with Gasteiger partial charge in [-0.3, -0.25) is 4.79 Å². The molecule has 0 aliphatic carbocycles. The van der Waals surface area contributed by atoms with Crippen molar-refractivity contribution >= 4 is 5.97 Å². The maximum absolute atomic E-state index is 11.6. The molecule has 136 valence electrons. The zero-order valence-electron chi connectivity index (χ0n) is 15.6. The van der Waals surface area contributed by atoms with Gasteiger partial charge in [-0.15, -0.1) is 0 Å². The Morgan fingerprint density at radius 2 is 1.00 bits per heavy atom. The summed E-state index contributed by atoms with van der Waals surface area (Å²) < 4.78 is 5.49. The van der Waals surface area contributed by atoms with Crippen LogP contribution >= 0.6 is 0 Å². The number of rotatable bonds is 4. The van der Waals surface area contributed by atoms with Crippen LogP contribution in [0.3, 0.4) is 0 Å². The second kappa shape index (κ2) is 7.93. The Bertz CT molecular complexity index is 1020. The van der Waals surface area contributed by atoms with Crippen molar-refractivity contribution in [1.29, 1.82) is 0 Å². The van der Waals surface area contributed by atoms with Crippen LogP contribution in [0.4, 0.5) is 0 Å². The average Bonchev–Trinajstić information content (AvgIpc) is 2.74. The molecule has 0 saturated carbocycles. The summed E-state index contributed by atoms with van der Waals surface area (Å²) in [5.41, 5.74) is 6.46. The van der Waals surface area contributed by atoms with Gasteiger partial charge in [-0.2, -0.15) is 0 Å². The van der Waals surface area contributed by atoms with Crippen LogP contribution in [-0.2, 0) is 4.79 Å². The van der Waals surface area contributed by atoms with E-state index in [1.165, 1.54) is 6.92 Å². The highest BCUT2D eigenvalue weighted by Gasteiger charge is 2.17. The fraction of sp³-hybridized carbons (Fsp3) is 0.0385. The van der Waals surface area contributed by atoms with Crippen molar-refractivity contribution in [2.24, 2.45) is 0 Å². The molecule has 0 atom stereocenters. The highest BCUT2D eigenvalue weighted by molar-refractivity contribution is 5.95. The molecule has 0 aliphatic heterocycles. The summed E-state index contributed by atoms with van der Waals surface area (Å²) in [5.74, 6) is 0.218. The Kier molecular flexibility index (Phi) is 5.03. The molecule has 0 spiro atoms. The van der Waals surface area contributed by atoms with Crippen molar-refractivity contribution in [3.63, 3.8) is 0 Å². The molecule has 0 aliphatic rings. The van der Waals surface area contributed by atoms with Crippen LogP contribution in [0.25, 0.3) is 33.4 Å². The van der Waals surface area contributed by atoms with Gasteiger partial charge in [0.1, 0.15) is 5.75 Å². The molecule has 0 radical (unpaired) electrons. The molecule has 0 aromatic heterocycles. The van der Waals surface area contributed by atoms with Crippen molar-refractivity contribution in [1.82, 2.24) is 0 Å². The summed E-state index contributed by atoms with van der Waals surface area (Å²) >= 11 is 0. The van der Waals surface area contributed by atoms with Crippen molar-refractivity contribution in [2.75, 3.05) is 0 Å². The van der Waals surface area contributed by atoms with E-state index < -0.39 is 0 Å². The standard InChI is InChI=1S/C26H20O2/c1-19(27)28-23-17-24(20-11-5-2-6-12-20)26(22-15-9-4-10-16-22)25(18-23)21-13-7-3-8-14-21/h2-18H,1H3. The van der Waals surface area contributed by atoms with Gasteiger partial charge in [0, 0.05) is 6.92 Å². The first kappa shape index (κ1) is 17.7. The SMILES string of the molecule is CC(=O)Oc1cc(-c2ccccc2)c(-c2ccccc2)c(-c2ccccc2)c1. The molecule has 0 saturated heterocycles. The minimum Gasteiger partial charge on any atom is -0.427 e. The van der Waals surface area contributed by atoms with Gasteiger partial charge in [-0.25, -0.2) is 0 Å². The summed E-state index contributed by atoms with van der Waals surface area (Å²) in [6.07, 6.45) is 0. The van der Waals surface area contributed by atoms with Crippen LogP contribution in [0.1, 0.15) is 6.92 Å². The van der Waals surface area contributed by atoms with Gasteiger partial charge in [0.25, 0.3) is 0 Å². The number of carbonyl (C=O) groups excluding carboxylic acids is 1. The Morgan fingerprint density at radius 3 is 1.39 bits per heavy atom. The number of carbonyl (C=O) groups is 1. The van der Waals surface area contributed by atoms with E-state index in [0.717, 1.165) is 33.4 Å². The van der Waals surface area contributed by atoms with Crippen LogP contribution in [0, 0.1) is 0 Å². The summed E-state index contributed by atoms with van der Waals surface area (Å²) in [4.78, 5) is 11.6. The molecular formula is C26H20O2. The summed E-state index contributed by atoms with van der Waals surface area (Å²) in [5, 5.41) is 0. The Balaban J connectivity index is 2.06. The van der Waals surface area contributed by atoms with E-state index in [2.05, 4.69) is 36.4 Å². The largest absolute Gasteiger partial charge is 0.427 e. The highest BCUT2D eigenvalue weighted by Crippen LogP contribution is 2.42. The minimum atomic E-state index is -0.328. The Hall–Kier alpha value is -3.65. The van der Waals surface area contributed by atoms with E-state index in [0.29, 0.717) is 5.75 Å². The average molecular weight is 364 g/mol. The second-order valence-corrected chi connectivity index (χ2v) is 6.59. The molecule has 0 unspecified atom stereocenters. The number of hydrogen-bond acceptors (Lipinski definition) is 2. The number of hydrogen-bond donors (Lipinski definition) is 0. The molecule has 4 aromatic rings. The van der Waals surface area contributed by atoms with E-state index in [4.69, 9.17) is 4.74 Å². The van der Waals surface area contributed by atoms with Gasteiger partial charge >= 0.3 is 5.97 Å². The van der Waals surface area contributed by atoms with E-state index >= 15 is 0 Å². The first-order valence-corrected chi connectivity index (χ1v) is 9.25. The van der Waals surface area contributed by atoms with E-state index in [9.17, 15) is 4.79 Å². The highest BCUT2D eigenvalue weighted by atomic mass is 16.5. The molecule has 0 fully saturated rings. The predicted octanol–water partition coefficient (Wildman–Crippen LogP) is 6.61. The van der Waals surface area contributed by atoms with Gasteiger partial charge in [0.2, 0.25) is 0 Å². The molecule has 0 N–H and O–H groups in total. The molecule has 28 heavy (non-hydrogen) atoms. The van der Waals surface area contributed by atoms with Crippen LogP contribution < -0.4 is 4.74 Å². The van der Waals surface area contributed by atoms with Gasteiger partial charge in [-0.05, 0) is 45.5 Å². The smallest absolute Gasteiger partial charge is 0.308 e. The van der Waals surface area contributed by atoms with Crippen LogP contribution in [0.5, 0.6) is 5.75 Å². The molecule has 2 heteroatoms. The molecule has 0 bridgehead atoms. The first-order chi connectivity index (χ1) is 13.7. The lowest BCUT2D eigenvalue weighted by Gasteiger charge is -2.18. The molecular weight excluding hydrogens is 344 g/mol. The van der Waals surface area contributed by atoms with Crippen molar-refractivity contribution in [3.05, 3.63) is 103 Å². The van der Waals surface area contributed by atoms with E-state index in [1.54, 1.807) is 0 Å². The third kappa shape index (κ3) is 3.72. The predicted molar refractivity (Wildman–Crippen MR) is 114 cm³/mol. The Labute approximate surface area is 165 Å². The van der Waals surface area contributed by atoms with Gasteiger partial charge in [0.15, 0.2) is 0 Å². The van der Waals surface area contributed by atoms with Crippen molar-refractivity contribution < 1.29 is 9.53 Å². The lowest BCUT2D eigenvalue weighted by Crippen LogP contribution is -2.02. The fourth-order valence-electron chi connectivity index (χ4n) is 3.45. The number of benzene rings is 4. The van der Waals surface area contributed by atoms with Gasteiger partial charge < -0.3 is 4.74 Å². The van der Waals surface area contributed by atoms with Gasteiger partial charge in [-0.1, -0.05) is 91.0 Å². The zero-order valence-corrected chi connectivity index (χ0v) is 15.6.